The predicted octanol–water partition coefficient (Wildman–Crippen LogP) is 7.90. The largest absolute Gasteiger partial charge is 0.493 e. The fraction of sp³-hybridized carbons (Fsp3) is 0.343. The number of aliphatic hydroxyl groups is 1. The van der Waals surface area contributed by atoms with E-state index < -0.39 is 6.23 Å². The molecule has 0 aliphatic carbocycles. The van der Waals surface area contributed by atoms with Gasteiger partial charge >= 0.3 is 0 Å². The molecule has 7 nitrogen and oxygen atoms in total. The lowest BCUT2D eigenvalue weighted by molar-refractivity contribution is 0.101. The van der Waals surface area contributed by atoms with Gasteiger partial charge in [0.1, 0.15) is 24.3 Å². The van der Waals surface area contributed by atoms with Gasteiger partial charge in [0.05, 0.1) is 19.5 Å². The number of imidazole rings is 1. The van der Waals surface area contributed by atoms with E-state index in [1.807, 2.05) is 74.1 Å². The van der Waals surface area contributed by atoms with Crippen molar-refractivity contribution in [1.29, 1.82) is 0 Å². The van der Waals surface area contributed by atoms with Crippen LogP contribution in [0, 0.1) is 0 Å². The summed E-state index contributed by atoms with van der Waals surface area (Å²) in [7, 11) is 0. The van der Waals surface area contributed by atoms with Gasteiger partial charge in [-0.3, -0.25) is 0 Å². The molecule has 0 aliphatic heterocycles. The van der Waals surface area contributed by atoms with E-state index >= 15 is 0 Å². The molecule has 1 heterocycles. The van der Waals surface area contributed by atoms with Gasteiger partial charge in [0.15, 0.2) is 0 Å². The minimum Gasteiger partial charge on any atom is -0.493 e. The first kappa shape index (κ1) is 32.2. The quantitative estimate of drug-likeness (QED) is 0.0682. The van der Waals surface area contributed by atoms with E-state index in [0.717, 1.165) is 65.6 Å². The van der Waals surface area contributed by atoms with E-state index in [1.54, 1.807) is 17.8 Å². The van der Waals surface area contributed by atoms with Gasteiger partial charge in [0.25, 0.3) is 0 Å². The zero-order valence-electron chi connectivity index (χ0n) is 25.4. The third kappa shape index (κ3) is 10.2. The van der Waals surface area contributed by atoms with E-state index in [4.69, 9.17) is 14.2 Å². The molecule has 0 aliphatic rings. The first-order valence-electron chi connectivity index (χ1n) is 15.0. The first-order valence-corrected chi connectivity index (χ1v) is 16.0. The number of benzene rings is 3. The topological polar surface area (TPSA) is 77.8 Å². The highest BCUT2D eigenvalue weighted by atomic mass is 32.2. The molecule has 0 spiro atoms. The first-order chi connectivity index (χ1) is 21.1. The smallest absolute Gasteiger partial charge is 0.144 e. The highest BCUT2D eigenvalue weighted by Gasteiger charge is 2.08. The van der Waals surface area contributed by atoms with Crippen LogP contribution in [-0.4, -0.2) is 47.3 Å². The Kier molecular flexibility index (Phi) is 13.0. The van der Waals surface area contributed by atoms with Crippen molar-refractivity contribution in [2.45, 2.75) is 57.0 Å². The van der Waals surface area contributed by atoms with Crippen LogP contribution < -0.4 is 14.8 Å². The molecule has 4 rings (SSSR count). The second-order valence-electron chi connectivity index (χ2n) is 10.0. The Morgan fingerprint density at radius 2 is 1.70 bits per heavy atom. The number of hydrogen-bond donors (Lipinski definition) is 2. The second-order valence-corrected chi connectivity index (χ2v) is 11.1. The summed E-state index contributed by atoms with van der Waals surface area (Å²) in [6, 6.07) is 22.2. The number of aliphatic hydroxyl groups excluding tert-OH is 1. The van der Waals surface area contributed by atoms with Crippen LogP contribution in [-0.2, 0) is 17.0 Å². The molecule has 0 saturated carbocycles. The molecule has 2 N–H and O–H groups in total. The molecule has 1 aromatic heterocycles. The summed E-state index contributed by atoms with van der Waals surface area (Å²) in [5.41, 5.74) is 5.07. The fourth-order valence-electron chi connectivity index (χ4n) is 4.48. The number of nitrogens with zero attached hydrogens (tertiary/aromatic N) is 2. The van der Waals surface area contributed by atoms with Crippen molar-refractivity contribution in [2.24, 2.45) is 0 Å². The summed E-state index contributed by atoms with van der Waals surface area (Å²) in [6.07, 6.45) is 8.69. The highest BCUT2D eigenvalue weighted by Crippen LogP contribution is 2.30. The van der Waals surface area contributed by atoms with Crippen LogP contribution in [0.1, 0.15) is 44.9 Å². The summed E-state index contributed by atoms with van der Waals surface area (Å²) >= 11 is 1.77. The lowest BCUT2D eigenvalue weighted by atomic mass is 10.0. The number of rotatable bonds is 18. The molecular weight excluding hydrogens is 558 g/mol. The molecule has 0 saturated heterocycles. The maximum atomic E-state index is 10.7. The van der Waals surface area contributed by atoms with Gasteiger partial charge in [-0.25, -0.2) is 4.98 Å². The van der Waals surface area contributed by atoms with Crippen molar-refractivity contribution in [1.82, 2.24) is 9.55 Å². The number of aryl methyl sites for hydroxylation is 1. The Hall–Kier alpha value is -3.72. The van der Waals surface area contributed by atoms with Crippen molar-refractivity contribution in [3.05, 3.63) is 96.6 Å². The number of ether oxygens (including phenoxy) is 3. The molecule has 0 radical (unpaired) electrons. The molecule has 1 atom stereocenters. The number of aromatic nitrogens is 2. The minimum atomic E-state index is -0.863. The van der Waals surface area contributed by atoms with Gasteiger partial charge in [-0.1, -0.05) is 38.1 Å². The molecule has 1 unspecified atom stereocenters. The van der Waals surface area contributed by atoms with Crippen LogP contribution in [0.4, 0.5) is 5.69 Å². The molecule has 3 aromatic carbocycles. The number of anilines is 1. The summed E-state index contributed by atoms with van der Waals surface area (Å²) < 4.78 is 19.3. The third-order valence-electron chi connectivity index (χ3n) is 6.62. The van der Waals surface area contributed by atoms with Gasteiger partial charge in [-0.2, -0.15) is 0 Å². The summed E-state index contributed by atoms with van der Waals surface area (Å²) in [6.45, 7) is 9.64. The summed E-state index contributed by atoms with van der Waals surface area (Å²) in [5, 5.41) is 13.9. The number of thioether (sulfide) groups is 1. The van der Waals surface area contributed by atoms with Crippen LogP contribution in [0.2, 0.25) is 0 Å². The average molecular weight is 602 g/mol. The minimum absolute atomic E-state index is 0.531. The normalized spacial score (nSPS) is 12.0. The molecular formula is C35H43N3O4S. The van der Waals surface area contributed by atoms with Crippen molar-refractivity contribution < 1.29 is 19.3 Å². The Balaban J connectivity index is 1.34. The molecule has 0 bridgehead atoms. The van der Waals surface area contributed by atoms with Gasteiger partial charge in [0, 0.05) is 46.9 Å². The molecule has 4 aromatic rings. The van der Waals surface area contributed by atoms with Crippen molar-refractivity contribution in [3.8, 4) is 22.6 Å². The maximum Gasteiger partial charge on any atom is 0.144 e. The van der Waals surface area contributed by atoms with E-state index in [1.165, 1.54) is 10.6 Å². The standard InChI is InChI=1S/C35H43N3O4S/c1-4-19-38-26-36-24-31(38)25-43-33-15-11-30(12-16-33)37-35(39)18-10-29-23-28(9-17-34(29)41-6-3)27-7-13-32(14-8-27)42-22-21-40-20-5-2/h7-18,23-24,26,35,37,39H,4-6,19-22,25H2,1-3H3/b18-10+. The lowest BCUT2D eigenvalue weighted by Crippen LogP contribution is -2.15. The summed E-state index contributed by atoms with van der Waals surface area (Å²) in [4.78, 5) is 5.45. The predicted molar refractivity (Wildman–Crippen MR) is 177 cm³/mol. The van der Waals surface area contributed by atoms with Crippen LogP contribution in [0.25, 0.3) is 17.2 Å². The molecule has 0 fully saturated rings. The van der Waals surface area contributed by atoms with Crippen molar-refractivity contribution >= 4 is 23.5 Å². The molecule has 0 amide bonds. The Labute approximate surface area is 259 Å². The van der Waals surface area contributed by atoms with E-state index in [2.05, 4.69) is 46.9 Å². The van der Waals surface area contributed by atoms with Crippen LogP contribution >= 0.6 is 11.8 Å². The highest BCUT2D eigenvalue weighted by molar-refractivity contribution is 7.98. The van der Waals surface area contributed by atoms with Crippen LogP contribution in [0.3, 0.4) is 0 Å². The van der Waals surface area contributed by atoms with Gasteiger partial charge in [-0.05, 0) is 85.5 Å². The van der Waals surface area contributed by atoms with E-state index in [0.29, 0.717) is 19.8 Å². The third-order valence-corrected chi connectivity index (χ3v) is 7.66. The number of hydrogen-bond acceptors (Lipinski definition) is 7. The Bertz CT molecular complexity index is 1400. The molecule has 228 valence electrons. The zero-order valence-corrected chi connectivity index (χ0v) is 26.2. The van der Waals surface area contributed by atoms with Crippen molar-refractivity contribution in [3.63, 3.8) is 0 Å². The Morgan fingerprint density at radius 3 is 2.44 bits per heavy atom. The van der Waals surface area contributed by atoms with Gasteiger partial charge in [-0.15, -0.1) is 11.8 Å². The fourth-order valence-corrected chi connectivity index (χ4v) is 5.37. The Morgan fingerprint density at radius 1 is 0.907 bits per heavy atom. The van der Waals surface area contributed by atoms with Crippen LogP contribution in [0.15, 0.2) is 90.2 Å². The molecule has 43 heavy (non-hydrogen) atoms. The second kappa shape index (κ2) is 17.4. The van der Waals surface area contributed by atoms with Crippen molar-refractivity contribution in [2.75, 3.05) is 31.7 Å². The average Bonchev–Trinajstić information content (AvgIpc) is 3.47. The van der Waals surface area contributed by atoms with E-state index in [9.17, 15) is 5.11 Å². The maximum absolute atomic E-state index is 10.7. The lowest BCUT2D eigenvalue weighted by Gasteiger charge is -2.13. The van der Waals surface area contributed by atoms with Gasteiger partial charge < -0.3 is 29.2 Å². The van der Waals surface area contributed by atoms with Gasteiger partial charge in [0.2, 0.25) is 0 Å². The van der Waals surface area contributed by atoms with Crippen LogP contribution in [0.5, 0.6) is 11.5 Å². The zero-order chi connectivity index (χ0) is 30.3. The SMILES string of the molecule is CCCOCCOc1ccc(-c2ccc(OCC)c(/C=C/C(O)Nc3ccc(SCc4cncn4CCC)cc3)c2)cc1. The monoisotopic (exact) mass is 601 g/mol. The summed E-state index contributed by atoms with van der Waals surface area (Å²) in [5.74, 6) is 2.45. The van der Waals surface area contributed by atoms with E-state index in [-0.39, 0.29) is 0 Å². The molecule has 8 heteroatoms. The number of nitrogens with one attached hydrogen (secondary N) is 1.